The Hall–Kier alpha value is -1.36. The first kappa shape index (κ1) is 14.6. The molecule has 1 aliphatic carbocycles. The van der Waals surface area contributed by atoms with Crippen LogP contribution in [0.5, 0.6) is 0 Å². The van der Waals surface area contributed by atoms with E-state index in [0.29, 0.717) is 12.6 Å². The number of aromatic nitrogens is 2. The molecule has 0 bridgehead atoms. The molecule has 3 rings (SSSR count). The topological polar surface area (TPSA) is 64.2 Å². The molecule has 21 heavy (non-hydrogen) atoms. The molecule has 1 aliphatic heterocycles. The predicted molar refractivity (Wildman–Crippen MR) is 82.0 cm³/mol. The Bertz CT molecular complexity index is 510. The van der Waals surface area contributed by atoms with Crippen molar-refractivity contribution in [1.29, 1.82) is 0 Å². The summed E-state index contributed by atoms with van der Waals surface area (Å²) in [6, 6.07) is 0.470. The van der Waals surface area contributed by atoms with E-state index in [1.165, 1.54) is 32.1 Å². The number of nitrogens with two attached hydrogens (primary N) is 1. The van der Waals surface area contributed by atoms with Crippen LogP contribution < -0.4 is 5.73 Å². The Kier molecular flexibility index (Phi) is 4.29. The summed E-state index contributed by atoms with van der Waals surface area (Å²) >= 11 is 0. The lowest BCUT2D eigenvalue weighted by atomic mass is 9.85. The second kappa shape index (κ2) is 6.18. The molecule has 2 atom stereocenters. The summed E-state index contributed by atoms with van der Waals surface area (Å²) in [6.07, 6.45) is 8.88. The van der Waals surface area contributed by atoms with E-state index in [1.54, 1.807) is 6.20 Å². The first-order valence-corrected chi connectivity index (χ1v) is 8.26. The van der Waals surface area contributed by atoms with E-state index >= 15 is 0 Å². The quantitative estimate of drug-likeness (QED) is 0.921. The van der Waals surface area contributed by atoms with E-state index < -0.39 is 0 Å². The average molecular weight is 290 g/mol. The highest BCUT2D eigenvalue weighted by molar-refractivity contribution is 5.95. The van der Waals surface area contributed by atoms with Gasteiger partial charge >= 0.3 is 0 Å². The van der Waals surface area contributed by atoms with Crippen molar-refractivity contribution in [2.75, 3.05) is 13.1 Å². The van der Waals surface area contributed by atoms with Gasteiger partial charge in [-0.3, -0.25) is 9.48 Å². The van der Waals surface area contributed by atoms with Crippen molar-refractivity contribution in [2.45, 2.75) is 58.0 Å². The van der Waals surface area contributed by atoms with E-state index in [0.717, 1.165) is 36.7 Å². The predicted octanol–water partition coefficient (Wildman–Crippen LogP) is 1.95. The molecule has 2 aliphatic rings. The van der Waals surface area contributed by atoms with Crippen molar-refractivity contribution in [2.24, 2.45) is 11.7 Å². The summed E-state index contributed by atoms with van der Waals surface area (Å²) in [6.45, 7) is 4.35. The van der Waals surface area contributed by atoms with Crippen molar-refractivity contribution in [3.63, 3.8) is 0 Å². The number of aryl methyl sites for hydroxylation is 1. The summed E-state index contributed by atoms with van der Waals surface area (Å²) in [4.78, 5) is 15.0. The van der Waals surface area contributed by atoms with E-state index in [-0.39, 0.29) is 5.91 Å². The molecule has 1 amide bonds. The number of hydrogen-bond acceptors (Lipinski definition) is 3. The van der Waals surface area contributed by atoms with Crippen molar-refractivity contribution in [3.05, 3.63) is 17.5 Å². The highest BCUT2D eigenvalue weighted by Gasteiger charge is 2.39. The Morgan fingerprint density at radius 2 is 2.19 bits per heavy atom. The van der Waals surface area contributed by atoms with Crippen molar-refractivity contribution in [1.82, 2.24) is 14.7 Å². The Morgan fingerprint density at radius 1 is 1.38 bits per heavy atom. The van der Waals surface area contributed by atoms with E-state index in [9.17, 15) is 4.79 Å². The summed E-state index contributed by atoms with van der Waals surface area (Å²) < 4.78 is 1.91. The maximum atomic E-state index is 12.9. The maximum Gasteiger partial charge on any atom is 0.257 e. The first-order valence-electron chi connectivity index (χ1n) is 8.26. The summed E-state index contributed by atoms with van der Waals surface area (Å²) in [5.74, 6) is 0.913. The van der Waals surface area contributed by atoms with Crippen LogP contribution in [0.25, 0.3) is 0 Å². The molecule has 0 aromatic carbocycles. The molecule has 5 heteroatoms. The smallest absolute Gasteiger partial charge is 0.257 e. The standard InChI is InChI=1S/C16H26N4O/c1-12-14(11-18-20(12)9-4-8-17)16(21)19-10-7-13-5-2-3-6-15(13)19/h11,13,15H,2-10,17H2,1H3. The van der Waals surface area contributed by atoms with Gasteiger partial charge < -0.3 is 10.6 Å². The van der Waals surface area contributed by atoms with Crippen LogP contribution in [0, 0.1) is 12.8 Å². The third kappa shape index (κ3) is 2.71. The van der Waals surface area contributed by atoms with Crippen molar-refractivity contribution >= 4 is 5.91 Å². The van der Waals surface area contributed by atoms with Crippen LogP contribution in [0.1, 0.15) is 54.6 Å². The maximum absolute atomic E-state index is 12.9. The highest BCUT2D eigenvalue weighted by Crippen LogP contribution is 2.37. The van der Waals surface area contributed by atoms with E-state index in [2.05, 4.69) is 10.00 Å². The number of amides is 1. The zero-order chi connectivity index (χ0) is 14.8. The van der Waals surface area contributed by atoms with Crippen molar-refractivity contribution < 1.29 is 4.79 Å². The summed E-state index contributed by atoms with van der Waals surface area (Å²) in [5.41, 5.74) is 7.31. The van der Waals surface area contributed by atoms with Gasteiger partial charge in [0.15, 0.2) is 0 Å². The third-order valence-corrected chi connectivity index (χ3v) is 5.18. The lowest BCUT2D eigenvalue weighted by Crippen LogP contribution is -2.39. The van der Waals surface area contributed by atoms with E-state index in [1.807, 2.05) is 11.6 Å². The molecule has 5 nitrogen and oxygen atoms in total. The van der Waals surface area contributed by atoms with Crippen LogP contribution in [0.3, 0.4) is 0 Å². The zero-order valence-electron chi connectivity index (χ0n) is 12.9. The van der Waals surface area contributed by atoms with Crippen LogP contribution in [-0.2, 0) is 6.54 Å². The molecular formula is C16H26N4O. The molecule has 2 heterocycles. The number of hydrogen-bond donors (Lipinski definition) is 1. The van der Waals surface area contributed by atoms with Gasteiger partial charge in [0.25, 0.3) is 5.91 Å². The summed E-state index contributed by atoms with van der Waals surface area (Å²) in [5, 5.41) is 4.36. The van der Waals surface area contributed by atoms with E-state index in [4.69, 9.17) is 5.73 Å². The average Bonchev–Trinajstić information content (AvgIpc) is 3.08. The van der Waals surface area contributed by atoms with Gasteiger partial charge in [-0.15, -0.1) is 0 Å². The number of nitrogens with zero attached hydrogens (tertiary/aromatic N) is 3. The van der Waals surface area contributed by atoms with Crippen LogP contribution >= 0.6 is 0 Å². The number of likely N-dealkylation sites (tertiary alicyclic amines) is 1. The zero-order valence-corrected chi connectivity index (χ0v) is 12.9. The molecule has 0 radical (unpaired) electrons. The molecule has 2 unspecified atom stereocenters. The minimum atomic E-state index is 0.181. The van der Waals surface area contributed by atoms with Gasteiger partial charge in [-0.05, 0) is 45.1 Å². The Balaban J connectivity index is 1.74. The van der Waals surface area contributed by atoms with Gasteiger partial charge in [0, 0.05) is 24.8 Å². The van der Waals surface area contributed by atoms with Crippen LogP contribution in [-0.4, -0.2) is 39.7 Å². The number of carbonyl (C=O) groups is 1. The minimum Gasteiger partial charge on any atom is -0.335 e. The molecule has 116 valence electrons. The van der Waals surface area contributed by atoms with Crippen LogP contribution in [0.2, 0.25) is 0 Å². The molecule has 1 aromatic rings. The fraction of sp³-hybridized carbons (Fsp3) is 0.750. The molecule has 2 fully saturated rings. The van der Waals surface area contributed by atoms with Crippen LogP contribution in [0.15, 0.2) is 6.20 Å². The third-order valence-electron chi connectivity index (χ3n) is 5.18. The highest BCUT2D eigenvalue weighted by atomic mass is 16.2. The second-order valence-corrected chi connectivity index (χ2v) is 6.41. The molecule has 1 saturated carbocycles. The molecule has 1 aromatic heterocycles. The largest absolute Gasteiger partial charge is 0.335 e. The van der Waals surface area contributed by atoms with Gasteiger partial charge in [-0.2, -0.15) is 5.10 Å². The number of fused-ring (bicyclic) bond motifs is 1. The Labute approximate surface area is 126 Å². The number of carbonyl (C=O) groups excluding carboxylic acids is 1. The SMILES string of the molecule is Cc1c(C(=O)N2CCC3CCCCC32)cnn1CCCN. The first-order chi connectivity index (χ1) is 10.2. The van der Waals surface area contributed by atoms with Gasteiger partial charge in [0.1, 0.15) is 0 Å². The monoisotopic (exact) mass is 290 g/mol. The normalized spacial score (nSPS) is 25.1. The van der Waals surface area contributed by atoms with Crippen molar-refractivity contribution in [3.8, 4) is 0 Å². The van der Waals surface area contributed by atoms with Gasteiger partial charge in [-0.25, -0.2) is 0 Å². The molecule has 2 N–H and O–H groups in total. The van der Waals surface area contributed by atoms with Gasteiger partial charge in [-0.1, -0.05) is 12.8 Å². The minimum absolute atomic E-state index is 0.181. The number of rotatable bonds is 4. The lowest BCUT2D eigenvalue weighted by Gasteiger charge is -2.31. The second-order valence-electron chi connectivity index (χ2n) is 6.41. The molecule has 0 spiro atoms. The fourth-order valence-electron chi connectivity index (χ4n) is 3.94. The molecular weight excluding hydrogens is 264 g/mol. The van der Waals surface area contributed by atoms with Gasteiger partial charge in [0.05, 0.1) is 11.8 Å². The summed E-state index contributed by atoms with van der Waals surface area (Å²) in [7, 11) is 0. The lowest BCUT2D eigenvalue weighted by molar-refractivity contribution is 0.0689. The Morgan fingerprint density at radius 3 is 3.00 bits per heavy atom. The molecule has 1 saturated heterocycles. The van der Waals surface area contributed by atoms with Crippen LogP contribution in [0.4, 0.5) is 0 Å². The van der Waals surface area contributed by atoms with Gasteiger partial charge in [0.2, 0.25) is 0 Å². The fourth-order valence-corrected chi connectivity index (χ4v) is 3.94.